The van der Waals surface area contributed by atoms with Crippen molar-refractivity contribution in [2.45, 2.75) is 33.0 Å². The summed E-state index contributed by atoms with van der Waals surface area (Å²) in [6.07, 6.45) is 2.64. The van der Waals surface area contributed by atoms with Crippen LogP contribution in [0.4, 0.5) is 0 Å². The Labute approximate surface area is 169 Å². The maximum Gasteiger partial charge on any atom is 0.191 e. The van der Waals surface area contributed by atoms with Gasteiger partial charge in [-0.25, -0.2) is 4.99 Å². The molecular formula is C20H26N6OS. The van der Waals surface area contributed by atoms with Gasteiger partial charge >= 0.3 is 0 Å². The Balaban J connectivity index is 1.63. The molecule has 28 heavy (non-hydrogen) atoms. The van der Waals surface area contributed by atoms with Crippen molar-refractivity contribution in [3.63, 3.8) is 0 Å². The molecule has 0 saturated carbocycles. The summed E-state index contributed by atoms with van der Waals surface area (Å²) >= 11 is 1.73. The third kappa shape index (κ3) is 5.56. The summed E-state index contributed by atoms with van der Waals surface area (Å²) in [6, 6.07) is 12.1. The second-order valence-electron chi connectivity index (χ2n) is 6.13. The fourth-order valence-electron chi connectivity index (χ4n) is 2.79. The number of hydrogen-bond donors (Lipinski definition) is 2. The number of rotatable bonds is 9. The average molecular weight is 399 g/mol. The Bertz CT molecular complexity index is 874. The SMILES string of the molecule is CCc1nncn1CCNC(=NCc1ccccc1OC)NCc1cccs1. The van der Waals surface area contributed by atoms with Crippen LogP contribution in [0.25, 0.3) is 0 Å². The van der Waals surface area contributed by atoms with Crippen LogP contribution in [0.5, 0.6) is 5.75 Å². The molecule has 3 rings (SSSR count). The number of aryl methyl sites for hydroxylation is 1. The summed E-state index contributed by atoms with van der Waals surface area (Å²) in [4.78, 5) is 6.00. The van der Waals surface area contributed by atoms with Crippen molar-refractivity contribution in [1.82, 2.24) is 25.4 Å². The van der Waals surface area contributed by atoms with Crippen molar-refractivity contribution in [1.29, 1.82) is 0 Å². The first-order chi connectivity index (χ1) is 13.8. The zero-order chi connectivity index (χ0) is 19.6. The second kappa shape index (κ2) is 10.5. The van der Waals surface area contributed by atoms with Gasteiger partial charge in [0.25, 0.3) is 0 Å². The van der Waals surface area contributed by atoms with Gasteiger partial charge in [-0.3, -0.25) is 0 Å². The molecule has 0 atom stereocenters. The molecule has 0 saturated heterocycles. The van der Waals surface area contributed by atoms with E-state index in [-0.39, 0.29) is 0 Å². The fraction of sp³-hybridized carbons (Fsp3) is 0.350. The lowest BCUT2D eigenvalue weighted by molar-refractivity contribution is 0.410. The van der Waals surface area contributed by atoms with Crippen LogP contribution in [0.2, 0.25) is 0 Å². The number of nitrogens with zero attached hydrogens (tertiary/aromatic N) is 4. The summed E-state index contributed by atoms with van der Waals surface area (Å²) in [6.45, 7) is 4.87. The second-order valence-corrected chi connectivity index (χ2v) is 7.16. The van der Waals surface area contributed by atoms with E-state index in [0.717, 1.165) is 49.2 Å². The lowest BCUT2D eigenvalue weighted by Gasteiger charge is -2.13. The average Bonchev–Trinajstić information content (AvgIpc) is 3.41. The van der Waals surface area contributed by atoms with Crippen LogP contribution in [0.15, 0.2) is 53.1 Å². The molecular weight excluding hydrogens is 372 g/mol. The first-order valence-corrected chi connectivity index (χ1v) is 10.2. The number of nitrogens with one attached hydrogen (secondary N) is 2. The highest BCUT2D eigenvalue weighted by Gasteiger charge is 2.05. The number of para-hydroxylation sites is 1. The molecule has 8 heteroatoms. The number of aliphatic imine (C=N–C) groups is 1. The van der Waals surface area contributed by atoms with E-state index in [1.807, 2.05) is 24.3 Å². The van der Waals surface area contributed by atoms with Crippen LogP contribution in [-0.4, -0.2) is 34.4 Å². The van der Waals surface area contributed by atoms with E-state index < -0.39 is 0 Å². The Morgan fingerprint density at radius 2 is 2.11 bits per heavy atom. The zero-order valence-electron chi connectivity index (χ0n) is 16.3. The molecule has 2 N–H and O–H groups in total. The quantitative estimate of drug-likeness (QED) is 0.428. The van der Waals surface area contributed by atoms with Crippen LogP contribution < -0.4 is 15.4 Å². The molecule has 0 spiro atoms. The lowest BCUT2D eigenvalue weighted by atomic mass is 10.2. The number of methoxy groups -OCH3 is 1. The predicted molar refractivity (Wildman–Crippen MR) is 113 cm³/mol. The van der Waals surface area contributed by atoms with E-state index in [4.69, 9.17) is 9.73 Å². The molecule has 0 radical (unpaired) electrons. The molecule has 0 amide bonds. The van der Waals surface area contributed by atoms with Gasteiger partial charge in [0.1, 0.15) is 17.9 Å². The molecule has 0 aliphatic heterocycles. The minimum Gasteiger partial charge on any atom is -0.496 e. The minimum absolute atomic E-state index is 0.538. The van der Waals surface area contributed by atoms with Gasteiger partial charge < -0.3 is 19.9 Å². The minimum atomic E-state index is 0.538. The van der Waals surface area contributed by atoms with E-state index in [1.165, 1.54) is 4.88 Å². The normalized spacial score (nSPS) is 11.4. The highest BCUT2D eigenvalue weighted by molar-refractivity contribution is 7.09. The van der Waals surface area contributed by atoms with Gasteiger partial charge in [0.05, 0.1) is 20.2 Å². The maximum absolute atomic E-state index is 5.43. The first-order valence-electron chi connectivity index (χ1n) is 9.33. The summed E-state index contributed by atoms with van der Waals surface area (Å²) in [7, 11) is 1.68. The molecule has 0 aliphatic carbocycles. The predicted octanol–water partition coefficient (Wildman–Crippen LogP) is 2.85. The smallest absolute Gasteiger partial charge is 0.191 e. The van der Waals surface area contributed by atoms with E-state index >= 15 is 0 Å². The Morgan fingerprint density at radius 1 is 1.21 bits per heavy atom. The van der Waals surface area contributed by atoms with Crippen LogP contribution in [0.3, 0.4) is 0 Å². The molecule has 3 aromatic rings. The molecule has 0 fully saturated rings. The fourth-order valence-corrected chi connectivity index (χ4v) is 3.43. The van der Waals surface area contributed by atoms with Crippen molar-refractivity contribution >= 4 is 17.3 Å². The van der Waals surface area contributed by atoms with Crippen molar-refractivity contribution in [2.75, 3.05) is 13.7 Å². The number of aromatic nitrogens is 3. The van der Waals surface area contributed by atoms with E-state index in [1.54, 1.807) is 24.8 Å². The summed E-state index contributed by atoms with van der Waals surface area (Å²) < 4.78 is 7.49. The monoisotopic (exact) mass is 398 g/mol. The van der Waals surface area contributed by atoms with Crippen molar-refractivity contribution in [3.05, 3.63) is 64.4 Å². The number of guanidine groups is 1. The van der Waals surface area contributed by atoms with Crippen LogP contribution in [0.1, 0.15) is 23.2 Å². The number of hydrogen-bond acceptors (Lipinski definition) is 5. The summed E-state index contributed by atoms with van der Waals surface area (Å²) in [5.74, 6) is 2.60. The van der Waals surface area contributed by atoms with Gasteiger partial charge in [0.15, 0.2) is 5.96 Å². The number of ether oxygens (including phenoxy) is 1. The van der Waals surface area contributed by atoms with Gasteiger partial charge in [0, 0.05) is 30.0 Å². The molecule has 0 bridgehead atoms. The topological polar surface area (TPSA) is 76.4 Å². The lowest BCUT2D eigenvalue weighted by Crippen LogP contribution is -2.38. The van der Waals surface area contributed by atoms with Gasteiger partial charge in [-0.15, -0.1) is 21.5 Å². The largest absolute Gasteiger partial charge is 0.496 e. The van der Waals surface area contributed by atoms with Crippen molar-refractivity contribution in [2.24, 2.45) is 4.99 Å². The van der Waals surface area contributed by atoms with Crippen LogP contribution in [-0.2, 0) is 26.1 Å². The molecule has 2 heterocycles. The van der Waals surface area contributed by atoms with E-state index in [9.17, 15) is 0 Å². The van der Waals surface area contributed by atoms with Gasteiger partial charge in [-0.2, -0.15) is 0 Å². The van der Waals surface area contributed by atoms with Crippen LogP contribution in [0, 0.1) is 0 Å². The molecule has 7 nitrogen and oxygen atoms in total. The highest BCUT2D eigenvalue weighted by atomic mass is 32.1. The molecule has 0 unspecified atom stereocenters. The maximum atomic E-state index is 5.43. The van der Waals surface area contributed by atoms with Gasteiger partial charge in [-0.05, 0) is 17.5 Å². The highest BCUT2D eigenvalue weighted by Crippen LogP contribution is 2.18. The summed E-state index contributed by atoms with van der Waals surface area (Å²) in [5, 5.41) is 17.0. The Hall–Kier alpha value is -2.87. The van der Waals surface area contributed by atoms with E-state index in [2.05, 4.69) is 49.8 Å². The third-order valence-electron chi connectivity index (χ3n) is 4.27. The molecule has 1 aromatic carbocycles. The van der Waals surface area contributed by atoms with Gasteiger partial charge in [0.2, 0.25) is 0 Å². The van der Waals surface area contributed by atoms with Crippen LogP contribution >= 0.6 is 11.3 Å². The molecule has 2 aromatic heterocycles. The number of benzene rings is 1. The van der Waals surface area contributed by atoms with Gasteiger partial charge in [-0.1, -0.05) is 31.2 Å². The molecule has 0 aliphatic rings. The standard InChI is InChI=1S/C20H26N6OS/c1-3-19-25-24-15-26(19)11-10-21-20(23-14-17-8-6-12-28-17)22-13-16-7-4-5-9-18(16)27-2/h4-9,12,15H,3,10-11,13-14H2,1-2H3,(H2,21,22,23). The number of thiophene rings is 1. The van der Waals surface area contributed by atoms with Crippen molar-refractivity contribution in [3.8, 4) is 5.75 Å². The molecule has 148 valence electrons. The van der Waals surface area contributed by atoms with E-state index in [0.29, 0.717) is 6.54 Å². The zero-order valence-corrected chi connectivity index (χ0v) is 17.1. The Morgan fingerprint density at radius 3 is 2.89 bits per heavy atom. The van der Waals surface area contributed by atoms with Crippen molar-refractivity contribution < 1.29 is 4.74 Å². The Kier molecular flexibility index (Phi) is 7.43. The first kappa shape index (κ1) is 19.9. The summed E-state index contributed by atoms with van der Waals surface area (Å²) in [5.41, 5.74) is 1.05. The third-order valence-corrected chi connectivity index (χ3v) is 5.14.